The average molecular weight is 327 g/mol. The Hall–Kier alpha value is -0.970. The average Bonchev–Trinajstić information content (AvgIpc) is 3.08. The summed E-state index contributed by atoms with van der Waals surface area (Å²) in [6.45, 7) is 9.52. The van der Waals surface area contributed by atoms with Crippen molar-refractivity contribution < 1.29 is 9.47 Å². The Labute approximate surface area is 139 Å². The minimum absolute atomic E-state index is 0. The Morgan fingerprint density at radius 2 is 1.55 bits per heavy atom. The minimum Gasteiger partial charge on any atom is -0.494 e. The topological polar surface area (TPSA) is 33.7 Å². The van der Waals surface area contributed by atoms with Crippen molar-refractivity contribution in [2.24, 2.45) is 11.8 Å². The summed E-state index contributed by atoms with van der Waals surface area (Å²) in [5.41, 5.74) is 0. The number of likely N-dealkylation sites (tertiary alicyclic amines) is 1. The van der Waals surface area contributed by atoms with Crippen molar-refractivity contribution in [3.63, 3.8) is 0 Å². The van der Waals surface area contributed by atoms with E-state index < -0.39 is 0 Å². The molecular weight excluding hydrogens is 300 g/mol. The molecule has 0 radical (unpaired) electrons. The van der Waals surface area contributed by atoms with Gasteiger partial charge in [-0.1, -0.05) is 6.92 Å². The Morgan fingerprint density at radius 1 is 1.00 bits per heavy atom. The van der Waals surface area contributed by atoms with E-state index >= 15 is 0 Å². The highest BCUT2D eigenvalue weighted by Crippen LogP contribution is 2.26. The molecule has 0 aromatic heterocycles. The zero-order valence-electron chi connectivity index (χ0n) is 13.3. The Morgan fingerprint density at radius 3 is 2.09 bits per heavy atom. The van der Waals surface area contributed by atoms with Gasteiger partial charge in [-0.2, -0.15) is 0 Å². The molecular formula is C17H27ClN2O2. The van der Waals surface area contributed by atoms with Crippen molar-refractivity contribution >= 4 is 12.4 Å². The monoisotopic (exact) mass is 326 g/mol. The summed E-state index contributed by atoms with van der Waals surface area (Å²) in [5, 5.41) is 3.48. The van der Waals surface area contributed by atoms with Crippen LogP contribution in [-0.2, 0) is 0 Å². The second-order valence-corrected chi connectivity index (χ2v) is 6.11. The van der Waals surface area contributed by atoms with Crippen molar-refractivity contribution in [3.8, 4) is 11.5 Å². The first-order chi connectivity index (χ1) is 10.3. The molecule has 2 fully saturated rings. The maximum Gasteiger partial charge on any atom is 0.119 e. The number of nitrogens with zero attached hydrogens (tertiary/aromatic N) is 1. The Kier molecular flexibility index (Phi) is 6.80. The van der Waals surface area contributed by atoms with Crippen LogP contribution in [0.15, 0.2) is 24.3 Å². The molecule has 1 N–H and O–H groups in total. The SMILES string of the molecule is CCCOc1ccc(OCCN2C[C@H]3CNC[C@H]3C2)cc1.Cl. The number of hydrogen-bond donors (Lipinski definition) is 1. The van der Waals surface area contributed by atoms with E-state index in [0.29, 0.717) is 0 Å². The van der Waals surface area contributed by atoms with E-state index in [2.05, 4.69) is 17.1 Å². The molecule has 1 aromatic rings. The fourth-order valence-electron chi connectivity index (χ4n) is 3.28. The highest BCUT2D eigenvalue weighted by molar-refractivity contribution is 5.85. The van der Waals surface area contributed by atoms with E-state index in [1.165, 1.54) is 26.2 Å². The summed E-state index contributed by atoms with van der Waals surface area (Å²) >= 11 is 0. The van der Waals surface area contributed by atoms with Crippen LogP contribution in [0.4, 0.5) is 0 Å². The van der Waals surface area contributed by atoms with Crippen LogP contribution >= 0.6 is 12.4 Å². The van der Waals surface area contributed by atoms with Gasteiger partial charge in [0.1, 0.15) is 18.1 Å². The van der Waals surface area contributed by atoms with Gasteiger partial charge in [0.2, 0.25) is 0 Å². The lowest BCUT2D eigenvalue weighted by atomic mass is 10.0. The first-order valence-electron chi connectivity index (χ1n) is 8.14. The Bertz CT molecular complexity index is 429. The van der Waals surface area contributed by atoms with Gasteiger partial charge in [0.05, 0.1) is 6.61 Å². The van der Waals surface area contributed by atoms with E-state index in [0.717, 1.165) is 49.5 Å². The zero-order chi connectivity index (χ0) is 14.5. The van der Waals surface area contributed by atoms with Crippen molar-refractivity contribution in [2.75, 3.05) is 45.9 Å². The predicted molar refractivity (Wildman–Crippen MR) is 91.3 cm³/mol. The minimum atomic E-state index is 0. The normalized spacial score (nSPS) is 23.9. The molecule has 0 bridgehead atoms. The maximum absolute atomic E-state index is 5.84. The third-order valence-corrected chi connectivity index (χ3v) is 4.44. The fourth-order valence-corrected chi connectivity index (χ4v) is 3.28. The van der Waals surface area contributed by atoms with E-state index in [9.17, 15) is 0 Å². The molecule has 4 nitrogen and oxygen atoms in total. The summed E-state index contributed by atoms with van der Waals surface area (Å²) in [4.78, 5) is 2.54. The van der Waals surface area contributed by atoms with Crippen molar-refractivity contribution in [1.82, 2.24) is 10.2 Å². The first kappa shape index (κ1) is 17.4. The van der Waals surface area contributed by atoms with Gasteiger partial charge in [-0.25, -0.2) is 0 Å². The third-order valence-electron chi connectivity index (χ3n) is 4.44. The van der Waals surface area contributed by atoms with E-state index in [1.807, 2.05) is 24.3 Å². The molecule has 124 valence electrons. The lowest BCUT2D eigenvalue weighted by molar-refractivity contribution is 0.228. The van der Waals surface area contributed by atoms with Gasteiger partial charge in [0.15, 0.2) is 0 Å². The molecule has 0 unspecified atom stereocenters. The summed E-state index contributed by atoms with van der Waals surface area (Å²) in [7, 11) is 0. The number of benzene rings is 1. The molecule has 2 aliphatic rings. The first-order valence-corrected chi connectivity index (χ1v) is 8.14. The maximum atomic E-state index is 5.84. The molecule has 2 atom stereocenters. The number of fused-ring (bicyclic) bond motifs is 1. The standard InChI is InChI=1S/C17H26N2O2.ClH/c1-2-8-20-16-3-5-17(6-4-16)21-9-7-19-12-14-10-18-11-15(14)13-19;/h3-6,14-15,18H,2,7-13H2,1H3;1H/t14-,15+;. The summed E-state index contributed by atoms with van der Waals surface area (Å²) in [5.74, 6) is 3.57. The van der Waals surface area contributed by atoms with Gasteiger partial charge < -0.3 is 14.8 Å². The van der Waals surface area contributed by atoms with Crippen LogP contribution in [-0.4, -0.2) is 50.8 Å². The quantitative estimate of drug-likeness (QED) is 0.834. The number of ether oxygens (including phenoxy) is 2. The third kappa shape index (κ3) is 4.51. The van der Waals surface area contributed by atoms with Crippen LogP contribution < -0.4 is 14.8 Å². The van der Waals surface area contributed by atoms with Crippen LogP contribution in [0, 0.1) is 11.8 Å². The van der Waals surface area contributed by atoms with E-state index in [4.69, 9.17) is 9.47 Å². The fraction of sp³-hybridized carbons (Fsp3) is 0.647. The van der Waals surface area contributed by atoms with Crippen LogP contribution in [0.5, 0.6) is 11.5 Å². The van der Waals surface area contributed by atoms with Crippen molar-refractivity contribution in [2.45, 2.75) is 13.3 Å². The molecule has 0 amide bonds. The summed E-state index contributed by atoms with van der Waals surface area (Å²) in [6, 6.07) is 7.95. The van der Waals surface area contributed by atoms with Crippen LogP contribution in [0.25, 0.3) is 0 Å². The highest BCUT2D eigenvalue weighted by atomic mass is 35.5. The van der Waals surface area contributed by atoms with Gasteiger partial charge in [-0.15, -0.1) is 12.4 Å². The predicted octanol–water partition coefficient (Wildman–Crippen LogP) is 2.43. The molecule has 2 saturated heterocycles. The summed E-state index contributed by atoms with van der Waals surface area (Å²) < 4.78 is 11.4. The molecule has 0 spiro atoms. The van der Waals surface area contributed by atoms with Gasteiger partial charge in [0, 0.05) is 19.6 Å². The lowest BCUT2D eigenvalue weighted by Gasteiger charge is -2.17. The van der Waals surface area contributed by atoms with Gasteiger partial charge in [-0.05, 0) is 55.6 Å². The molecule has 5 heteroatoms. The van der Waals surface area contributed by atoms with Crippen LogP contribution in [0.3, 0.4) is 0 Å². The second-order valence-electron chi connectivity index (χ2n) is 6.11. The van der Waals surface area contributed by atoms with Crippen molar-refractivity contribution in [3.05, 3.63) is 24.3 Å². The highest BCUT2D eigenvalue weighted by Gasteiger charge is 2.35. The Balaban J connectivity index is 0.00000176. The lowest BCUT2D eigenvalue weighted by Crippen LogP contribution is -2.29. The van der Waals surface area contributed by atoms with Crippen LogP contribution in [0.1, 0.15) is 13.3 Å². The molecule has 0 saturated carbocycles. The molecule has 1 aromatic carbocycles. The molecule has 2 aliphatic heterocycles. The van der Waals surface area contributed by atoms with Gasteiger partial charge in [0.25, 0.3) is 0 Å². The number of rotatable bonds is 7. The smallest absolute Gasteiger partial charge is 0.119 e. The largest absolute Gasteiger partial charge is 0.494 e. The zero-order valence-corrected chi connectivity index (χ0v) is 14.1. The van der Waals surface area contributed by atoms with Gasteiger partial charge in [-0.3, -0.25) is 4.90 Å². The van der Waals surface area contributed by atoms with Crippen LogP contribution in [0.2, 0.25) is 0 Å². The second kappa shape index (κ2) is 8.61. The molecule has 22 heavy (non-hydrogen) atoms. The summed E-state index contributed by atoms with van der Waals surface area (Å²) in [6.07, 6.45) is 1.03. The number of hydrogen-bond acceptors (Lipinski definition) is 4. The number of halogens is 1. The molecule has 3 rings (SSSR count). The molecule has 2 heterocycles. The number of nitrogens with one attached hydrogen (secondary N) is 1. The van der Waals surface area contributed by atoms with Gasteiger partial charge >= 0.3 is 0 Å². The molecule has 0 aliphatic carbocycles. The van der Waals surface area contributed by atoms with E-state index in [1.54, 1.807) is 0 Å². The van der Waals surface area contributed by atoms with Crippen molar-refractivity contribution in [1.29, 1.82) is 0 Å². The van der Waals surface area contributed by atoms with E-state index in [-0.39, 0.29) is 12.4 Å².